The third-order valence-electron chi connectivity index (χ3n) is 3.06. The molecule has 4 N–H and O–H groups in total. The molecular formula is C10H16N4O. The van der Waals surface area contributed by atoms with Crippen LogP contribution in [0.3, 0.4) is 0 Å². The molecule has 15 heavy (non-hydrogen) atoms. The maximum absolute atomic E-state index is 11.9. The molecule has 1 saturated carbocycles. The van der Waals surface area contributed by atoms with Crippen molar-refractivity contribution in [1.82, 2.24) is 10.2 Å². The lowest BCUT2D eigenvalue weighted by Gasteiger charge is -2.16. The molecule has 1 aromatic rings. The Morgan fingerprint density at radius 1 is 1.67 bits per heavy atom. The van der Waals surface area contributed by atoms with Crippen molar-refractivity contribution in [3.63, 3.8) is 0 Å². The molecule has 5 nitrogen and oxygen atoms in total. The van der Waals surface area contributed by atoms with Crippen molar-refractivity contribution >= 4 is 11.6 Å². The fourth-order valence-corrected chi connectivity index (χ4v) is 2.22. The zero-order chi connectivity index (χ0) is 10.7. The average molecular weight is 208 g/mol. The fraction of sp³-hybridized carbons (Fsp3) is 0.600. The largest absolute Gasteiger partial charge is 0.330 e. The van der Waals surface area contributed by atoms with Gasteiger partial charge in [0.2, 0.25) is 5.91 Å². The van der Waals surface area contributed by atoms with E-state index in [1.807, 2.05) is 0 Å². The second-order valence-corrected chi connectivity index (χ2v) is 4.01. The average Bonchev–Trinajstić information content (AvgIpc) is 2.86. The highest BCUT2D eigenvalue weighted by atomic mass is 16.1. The van der Waals surface area contributed by atoms with E-state index in [2.05, 4.69) is 15.5 Å². The van der Waals surface area contributed by atoms with Gasteiger partial charge in [0.05, 0.1) is 11.9 Å². The third-order valence-corrected chi connectivity index (χ3v) is 3.06. The first-order chi connectivity index (χ1) is 7.31. The summed E-state index contributed by atoms with van der Waals surface area (Å²) in [6, 6.07) is 0. The van der Waals surface area contributed by atoms with Crippen molar-refractivity contribution in [3.8, 4) is 0 Å². The van der Waals surface area contributed by atoms with E-state index in [-0.39, 0.29) is 11.8 Å². The zero-order valence-electron chi connectivity index (χ0n) is 8.57. The SMILES string of the molecule is NCC1CCCC1C(=O)Nc1cn[nH]c1. The normalized spacial score (nSPS) is 25.4. The Hall–Kier alpha value is -1.36. The van der Waals surface area contributed by atoms with E-state index in [1.165, 1.54) is 0 Å². The molecule has 0 bridgehead atoms. The van der Waals surface area contributed by atoms with Crippen LogP contribution in [0.15, 0.2) is 12.4 Å². The number of hydrogen-bond acceptors (Lipinski definition) is 3. The summed E-state index contributed by atoms with van der Waals surface area (Å²) in [6.45, 7) is 0.601. The molecule has 5 heteroatoms. The van der Waals surface area contributed by atoms with Gasteiger partial charge in [0.25, 0.3) is 0 Å². The van der Waals surface area contributed by atoms with Crippen LogP contribution in [-0.2, 0) is 4.79 Å². The molecule has 0 radical (unpaired) electrons. The molecule has 1 aliphatic rings. The number of hydrogen-bond donors (Lipinski definition) is 3. The highest BCUT2D eigenvalue weighted by molar-refractivity contribution is 5.92. The maximum atomic E-state index is 11.9. The predicted octanol–water partition coefficient (Wildman–Crippen LogP) is 0.723. The molecule has 1 amide bonds. The van der Waals surface area contributed by atoms with Crippen molar-refractivity contribution in [2.24, 2.45) is 17.6 Å². The molecule has 2 unspecified atom stereocenters. The first-order valence-electron chi connectivity index (χ1n) is 5.31. The molecule has 0 aliphatic heterocycles. The van der Waals surface area contributed by atoms with Crippen LogP contribution in [0.5, 0.6) is 0 Å². The monoisotopic (exact) mass is 208 g/mol. The molecule has 82 valence electrons. The first-order valence-corrected chi connectivity index (χ1v) is 5.31. The summed E-state index contributed by atoms with van der Waals surface area (Å²) in [7, 11) is 0. The van der Waals surface area contributed by atoms with Gasteiger partial charge < -0.3 is 11.1 Å². The van der Waals surface area contributed by atoms with Crippen LogP contribution in [0, 0.1) is 11.8 Å². The van der Waals surface area contributed by atoms with Gasteiger partial charge in [-0.1, -0.05) is 6.42 Å². The van der Waals surface area contributed by atoms with Gasteiger partial charge in [-0.2, -0.15) is 5.10 Å². The lowest BCUT2D eigenvalue weighted by molar-refractivity contribution is -0.120. The third kappa shape index (κ3) is 2.18. The Morgan fingerprint density at radius 3 is 3.20 bits per heavy atom. The Morgan fingerprint density at radius 2 is 2.53 bits per heavy atom. The topological polar surface area (TPSA) is 83.8 Å². The summed E-state index contributed by atoms with van der Waals surface area (Å²) in [5.74, 6) is 0.492. The molecule has 0 aromatic carbocycles. The van der Waals surface area contributed by atoms with Crippen molar-refractivity contribution in [1.29, 1.82) is 0 Å². The standard InChI is InChI=1S/C10H16N4O/c11-4-7-2-1-3-9(7)10(15)14-8-5-12-13-6-8/h5-7,9H,1-4,11H2,(H,12,13)(H,14,15). The van der Waals surface area contributed by atoms with Crippen LogP contribution in [0.2, 0.25) is 0 Å². The smallest absolute Gasteiger partial charge is 0.227 e. The second kappa shape index (κ2) is 4.44. The number of nitrogens with one attached hydrogen (secondary N) is 2. The van der Waals surface area contributed by atoms with Gasteiger partial charge in [-0.3, -0.25) is 9.89 Å². The molecule has 2 rings (SSSR count). The minimum Gasteiger partial charge on any atom is -0.330 e. The molecular weight excluding hydrogens is 192 g/mol. The first kappa shape index (κ1) is 10.2. The number of anilines is 1. The summed E-state index contributed by atoms with van der Waals surface area (Å²) in [5.41, 5.74) is 6.36. The zero-order valence-corrected chi connectivity index (χ0v) is 8.57. The number of amides is 1. The molecule has 1 heterocycles. The van der Waals surface area contributed by atoms with E-state index in [4.69, 9.17) is 5.73 Å². The number of carbonyl (C=O) groups is 1. The van der Waals surface area contributed by atoms with Crippen LogP contribution in [-0.4, -0.2) is 22.6 Å². The maximum Gasteiger partial charge on any atom is 0.227 e. The van der Waals surface area contributed by atoms with E-state index in [0.717, 1.165) is 24.9 Å². The fourth-order valence-electron chi connectivity index (χ4n) is 2.22. The van der Waals surface area contributed by atoms with Crippen LogP contribution < -0.4 is 11.1 Å². The molecule has 1 aliphatic carbocycles. The van der Waals surface area contributed by atoms with E-state index in [9.17, 15) is 4.79 Å². The van der Waals surface area contributed by atoms with E-state index >= 15 is 0 Å². The number of aromatic nitrogens is 2. The molecule has 2 atom stereocenters. The van der Waals surface area contributed by atoms with E-state index < -0.39 is 0 Å². The highest BCUT2D eigenvalue weighted by Gasteiger charge is 2.31. The lowest BCUT2D eigenvalue weighted by Crippen LogP contribution is -2.29. The van der Waals surface area contributed by atoms with Crippen molar-refractivity contribution in [2.45, 2.75) is 19.3 Å². The van der Waals surface area contributed by atoms with E-state index in [1.54, 1.807) is 12.4 Å². The minimum absolute atomic E-state index is 0.0735. The summed E-state index contributed by atoms with van der Waals surface area (Å²) >= 11 is 0. The van der Waals surface area contributed by atoms with Crippen LogP contribution in [0.1, 0.15) is 19.3 Å². The van der Waals surface area contributed by atoms with Gasteiger partial charge >= 0.3 is 0 Å². The van der Waals surface area contributed by atoms with Crippen LogP contribution >= 0.6 is 0 Å². The number of nitrogens with two attached hydrogens (primary N) is 1. The summed E-state index contributed by atoms with van der Waals surface area (Å²) < 4.78 is 0. The summed E-state index contributed by atoms with van der Waals surface area (Å²) in [5, 5.41) is 9.28. The van der Waals surface area contributed by atoms with Gasteiger partial charge in [0.1, 0.15) is 0 Å². The number of nitrogens with zero attached hydrogens (tertiary/aromatic N) is 1. The lowest BCUT2D eigenvalue weighted by atomic mass is 9.95. The Bertz CT molecular complexity index is 322. The van der Waals surface area contributed by atoms with E-state index in [0.29, 0.717) is 12.5 Å². The Balaban J connectivity index is 1.96. The number of carbonyl (C=O) groups excluding carboxylic acids is 1. The number of aromatic amines is 1. The van der Waals surface area contributed by atoms with Crippen LogP contribution in [0.25, 0.3) is 0 Å². The Kier molecular flexibility index (Phi) is 3.01. The van der Waals surface area contributed by atoms with Crippen molar-refractivity contribution < 1.29 is 4.79 Å². The van der Waals surface area contributed by atoms with Crippen LogP contribution in [0.4, 0.5) is 5.69 Å². The van der Waals surface area contributed by atoms with Crippen molar-refractivity contribution in [3.05, 3.63) is 12.4 Å². The van der Waals surface area contributed by atoms with Gasteiger partial charge in [-0.15, -0.1) is 0 Å². The van der Waals surface area contributed by atoms with Gasteiger partial charge in [-0.05, 0) is 25.3 Å². The molecule has 1 aromatic heterocycles. The van der Waals surface area contributed by atoms with Gasteiger partial charge in [-0.25, -0.2) is 0 Å². The quantitative estimate of drug-likeness (QED) is 0.684. The predicted molar refractivity (Wildman–Crippen MR) is 57.1 cm³/mol. The van der Waals surface area contributed by atoms with Gasteiger partial charge in [0, 0.05) is 12.1 Å². The highest BCUT2D eigenvalue weighted by Crippen LogP contribution is 2.31. The Labute approximate surface area is 88.4 Å². The second-order valence-electron chi connectivity index (χ2n) is 4.01. The summed E-state index contributed by atoms with van der Waals surface area (Å²) in [6.07, 6.45) is 6.39. The molecule has 0 spiro atoms. The summed E-state index contributed by atoms with van der Waals surface area (Å²) in [4.78, 5) is 11.9. The number of rotatable bonds is 3. The molecule has 1 fully saturated rings. The van der Waals surface area contributed by atoms with Crippen molar-refractivity contribution in [2.75, 3.05) is 11.9 Å². The minimum atomic E-state index is 0.0735. The van der Waals surface area contributed by atoms with Gasteiger partial charge in [0.15, 0.2) is 0 Å². The molecule has 0 saturated heterocycles. The number of H-pyrrole nitrogens is 1.